The summed E-state index contributed by atoms with van der Waals surface area (Å²) in [6.45, 7) is 29.1. The number of carbonyl (C=O) groups is 1. The maximum absolute atomic E-state index is 15.0. The molecule has 7 aromatic rings. The molecule has 68 heavy (non-hydrogen) atoms. The van der Waals surface area contributed by atoms with Crippen LogP contribution in [0, 0.1) is 6.92 Å². The number of rotatable bonds is 3. The van der Waals surface area contributed by atoms with Crippen molar-refractivity contribution in [3.8, 4) is 44.5 Å². The van der Waals surface area contributed by atoms with Gasteiger partial charge in [-0.25, -0.2) is 9.97 Å². The highest BCUT2D eigenvalue weighted by Crippen LogP contribution is 2.44. The van der Waals surface area contributed by atoms with E-state index >= 15 is 0 Å². The highest BCUT2D eigenvalue weighted by Gasteiger charge is 2.30. The molecular formula is C63H64N4O. The number of Topliss-reactive ketones (excluding diaryl/α,β-unsaturated/α-hetero) is 1. The number of fused-ring (bicyclic) bond motifs is 10. The molecule has 2 N–H and O–H groups in total. The lowest BCUT2D eigenvalue weighted by Crippen LogP contribution is -2.13. The molecule has 0 radical (unpaired) electrons. The van der Waals surface area contributed by atoms with Crippen LogP contribution in [0.25, 0.3) is 90.9 Å². The number of ketones is 1. The van der Waals surface area contributed by atoms with E-state index < -0.39 is 0 Å². The van der Waals surface area contributed by atoms with Gasteiger partial charge in [-0.15, -0.1) is 0 Å². The topological polar surface area (TPSA) is 74.4 Å². The number of hydrogen-bond donors (Lipinski definition) is 2. The number of nitrogens with one attached hydrogen (secondary N) is 2. The first-order valence-corrected chi connectivity index (χ1v) is 24.2. The van der Waals surface area contributed by atoms with E-state index in [2.05, 4.69) is 227 Å². The zero-order valence-corrected chi connectivity index (χ0v) is 42.1. The van der Waals surface area contributed by atoms with Crippen molar-refractivity contribution in [2.45, 2.75) is 118 Å². The number of benzene rings is 4. The molecule has 0 saturated carbocycles. The summed E-state index contributed by atoms with van der Waals surface area (Å²) in [5.41, 5.74) is 22.7. The Hall–Kier alpha value is -6.85. The standard InChI is InChI=1S/C63H64N4O/c1-36-32-44(63(11,12)13)33-40-34-53(68)45-35-52-57(39-18-24-43(25-19-39)62(8,9)10)50-29-28-48(65-50)55(37-14-20-41(21-15-37)60(2,3)4)46-26-27-47(64-46)56(38-16-22-42(23-17-38)61(5,6)7)49-30-31-51(66-49)58(54(36)40)59(45)67-52/h14-33,35,65,67H,34H2,1-13H3. The number of aryl methyl sites for hydroxylation is 1. The molecule has 0 spiro atoms. The Morgan fingerprint density at radius 3 is 1.29 bits per heavy atom. The van der Waals surface area contributed by atoms with Crippen LogP contribution < -0.4 is 0 Å². The van der Waals surface area contributed by atoms with Gasteiger partial charge in [-0.1, -0.05) is 168 Å². The van der Waals surface area contributed by atoms with Crippen molar-refractivity contribution >= 4 is 52.2 Å². The molecule has 342 valence electrons. The van der Waals surface area contributed by atoms with Crippen molar-refractivity contribution in [3.63, 3.8) is 0 Å². The first kappa shape index (κ1) is 45.0. The molecule has 10 rings (SSSR count). The van der Waals surface area contributed by atoms with Gasteiger partial charge in [0, 0.05) is 50.8 Å². The lowest BCUT2D eigenvalue weighted by atomic mass is 9.82. The summed E-state index contributed by atoms with van der Waals surface area (Å²) in [6.07, 6.45) is 8.87. The SMILES string of the molecule is Cc1cc(C(C)(C)C)cc2c1-c1c3nc(c(-c4ccc(C(C)(C)C)cc4)c4nc(c(-c5ccc(C(C)(C)C)cc5)c5ccc([nH]5)c(-c5ccc(C(C)(C)C)cc5)c5cc(c1[nH]5)C(=O)C2)C=C4)C=C3. The summed E-state index contributed by atoms with van der Waals surface area (Å²) in [4.78, 5) is 34.0. The fraction of sp³-hybridized carbons (Fsp3) is 0.286. The van der Waals surface area contributed by atoms with Crippen LogP contribution in [0.15, 0.2) is 103 Å². The van der Waals surface area contributed by atoms with E-state index in [0.717, 1.165) is 100 Å². The van der Waals surface area contributed by atoms with Gasteiger partial charge in [0.2, 0.25) is 0 Å². The van der Waals surface area contributed by atoms with Crippen molar-refractivity contribution in [2.75, 3.05) is 0 Å². The third-order valence-corrected chi connectivity index (χ3v) is 14.2. The average molecular weight is 893 g/mol. The van der Waals surface area contributed by atoms with Crippen molar-refractivity contribution in [2.24, 2.45) is 0 Å². The molecule has 0 atom stereocenters. The number of nitrogens with zero attached hydrogens (tertiary/aromatic N) is 2. The molecule has 5 heterocycles. The second-order valence-corrected chi connectivity index (χ2v) is 23.3. The van der Waals surface area contributed by atoms with E-state index in [1.807, 2.05) is 0 Å². The number of carbonyl (C=O) groups excluding carboxylic acids is 1. The van der Waals surface area contributed by atoms with Gasteiger partial charge >= 0.3 is 0 Å². The molecule has 3 aromatic heterocycles. The van der Waals surface area contributed by atoms with Gasteiger partial charge in [-0.3, -0.25) is 4.79 Å². The van der Waals surface area contributed by atoms with E-state index in [1.165, 1.54) is 22.3 Å². The van der Waals surface area contributed by atoms with E-state index in [9.17, 15) is 4.79 Å². The van der Waals surface area contributed by atoms with Crippen molar-refractivity contribution in [1.82, 2.24) is 19.9 Å². The van der Waals surface area contributed by atoms with Gasteiger partial charge in [0.25, 0.3) is 0 Å². The fourth-order valence-corrected chi connectivity index (χ4v) is 10.1. The average Bonchev–Trinajstić information content (AvgIpc) is 4.10. The molecular weight excluding hydrogens is 829 g/mol. The Balaban J connectivity index is 1.39. The normalized spacial score (nSPS) is 13.8. The van der Waals surface area contributed by atoms with Gasteiger partial charge in [0.15, 0.2) is 5.78 Å². The van der Waals surface area contributed by atoms with Gasteiger partial charge in [0.05, 0.1) is 28.3 Å². The molecule has 2 aliphatic heterocycles. The quantitative estimate of drug-likeness (QED) is 0.186. The Kier molecular flexibility index (Phi) is 10.5. The third-order valence-electron chi connectivity index (χ3n) is 14.2. The summed E-state index contributed by atoms with van der Waals surface area (Å²) in [5, 5.41) is 0. The van der Waals surface area contributed by atoms with Crippen LogP contribution in [0.1, 0.15) is 150 Å². The minimum absolute atomic E-state index is 0.00222. The zero-order chi connectivity index (χ0) is 48.2. The fourth-order valence-electron chi connectivity index (χ4n) is 10.1. The molecule has 0 fully saturated rings. The van der Waals surface area contributed by atoms with E-state index in [-0.39, 0.29) is 33.9 Å². The van der Waals surface area contributed by atoms with E-state index in [0.29, 0.717) is 5.56 Å². The molecule has 0 unspecified atom stereocenters. The van der Waals surface area contributed by atoms with Crippen LogP contribution in [0.2, 0.25) is 0 Å². The molecule has 0 amide bonds. The zero-order valence-electron chi connectivity index (χ0n) is 42.1. The Bertz CT molecular complexity index is 3430. The van der Waals surface area contributed by atoms with E-state index in [1.54, 1.807) is 0 Å². The summed E-state index contributed by atoms with van der Waals surface area (Å²) in [6, 6.07) is 37.8. The lowest BCUT2D eigenvalue weighted by Gasteiger charge is -2.23. The summed E-state index contributed by atoms with van der Waals surface area (Å²) in [5.74, 6) is 0.0808. The Morgan fingerprint density at radius 2 is 0.824 bits per heavy atom. The molecule has 5 nitrogen and oxygen atoms in total. The van der Waals surface area contributed by atoms with E-state index in [4.69, 9.17) is 9.97 Å². The summed E-state index contributed by atoms with van der Waals surface area (Å²) < 4.78 is 0. The van der Waals surface area contributed by atoms with Gasteiger partial charge in [-0.05, 0) is 127 Å². The second-order valence-electron chi connectivity index (χ2n) is 23.3. The Morgan fingerprint density at radius 1 is 0.412 bits per heavy atom. The monoisotopic (exact) mass is 893 g/mol. The Labute approximate surface area is 402 Å². The number of H-pyrrole nitrogens is 2. The summed E-state index contributed by atoms with van der Waals surface area (Å²) in [7, 11) is 0. The molecule has 4 aromatic carbocycles. The van der Waals surface area contributed by atoms with Crippen molar-refractivity contribution < 1.29 is 4.79 Å². The smallest absolute Gasteiger partial charge is 0.169 e. The molecule has 8 bridgehead atoms. The van der Waals surface area contributed by atoms with Crippen LogP contribution >= 0.6 is 0 Å². The highest BCUT2D eigenvalue weighted by molar-refractivity contribution is 6.14. The first-order valence-electron chi connectivity index (χ1n) is 24.2. The number of aromatic nitrogens is 4. The van der Waals surface area contributed by atoms with Crippen LogP contribution in [-0.2, 0) is 28.1 Å². The summed E-state index contributed by atoms with van der Waals surface area (Å²) >= 11 is 0. The van der Waals surface area contributed by atoms with Crippen LogP contribution in [0.4, 0.5) is 0 Å². The maximum Gasteiger partial charge on any atom is 0.169 e. The van der Waals surface area contributed by atoms with Crippen LogP contribution in [0.3, 0.4) is 0 Å². The molecule has 0 saturated heterocycles. The number of aromatic amines is 2. The highest BCUT2D eigenvalue weighted by atomic mass is 16.1. The van der Waals surface area contributed by atoms with Gasteiger partial charge < -0.3 is 9.97 Å². The van der Waals surface area contributed by atoms with Crippen molar-refractivity contribution in [3.05, 3.63) is 165 Å². The molecule has 5 heteroatoms. The van der Waals surface area contributed by atoms with Crippen LogP contribution in [-0.4, -0.2) is 25.7 Å². The second kappa shape index (κ2) is 15.9. The predicted molar refractivity (Wildman–Crippen MR) is 288 cm³/mol. The predicted octanol–water partition coefficient (Wildman–Crippen LogP) is 16.6. The third kappa shape index (κ3) is 8.00. The minimum atomic E-state index is -0.0975. The van der Waals surface area contributed by atoms with Gasteiger partial charge in [-0.2, -0.15) is 0 Å². The number of hydrogen-bond acceptors (Lipinski definition) is 3. The largest absolute Gasteiger partial charge is 0.354 e. The maximum atomic E-state index is 15.0. The van der Waals surface area contributed by atoms with Crippen molar-refractivity contribution in [1.29, 1.82) is 0 Å². The lowest BCUT2D eigenvalue weighted by molar-refractivity contribution is 0.0995. The van der Waals surface area contributed by atoms with Crippen LogP contribution in [0.5, 0.6) is 0 Å². The molecule has 1 aliphatic carbocycles. The minimum Gasteiger partial charge on any atom is -0.354 e. The van der Waals surface area contributed by atoms with Gasteiger partial charge in [0.1, 0.15) is 0 Å². The molecule has 3 aliphatic rings. The first-order chi connectivity index (χ1) is 32.0.